The molecule has 0 aromatic carbocycles. The third-order valence-electron chi connectivity index (χ3n) is 1.51. The van der Waals surface area contributed by atoms with Gasteiger partial charge in [0.1, 0.15) is 0 Å². The highest BCUT2D eigenvalue weighted by Crippen LogP contribution is 2.54. The van der Waals surface area contributed by atoms with E-state index in [-0.39, 0.29) is 6.61 Å². The molecule has 2 unspecified atom stereocenters. The molecule has 1 saturated heterocycles. The molecule has 6 heteroatoms. The SMILES string of the molecule is CC1OCCOP1(=O)OCCCl. The summed E-state index contributed by atoms with van der Waals surface area (Å²) in [4.78, 5) is 0. The summed E-state index contributed by atoms with van der Waals surface area (Å²) in [7, 11) is -3.03. The Labute approximate surface area is 76.7 Å². The van der Waals surface area contributed by atoms with Gasteiger partial charge in [-0.2, -0.15) is 0 Å². The smallest absolute Gasteiger partial charge is 0.358 e. The summed E-state index contributed by atoms with van der Waals surface area (Å²) in [6.45, 7) is 2.69. The van der Waals surface area contributed by atoms with E-state index >= 15 is 0 Å². The fourth-order valence-electron chi connectivity index (χ4n) is 0.883. The summed E-state index contributed by atoms with van der Waals surface area (Å²) < 4.78 is 26.9. The average molecular weight is 215 g/mol. The minimum absolute atomic E-state index is 0.229. The quantitative estimate of drug-likeness (QED) is 0.531. The van der Waals surface area contributed by atoms with E-state index in [0.717, 1.165) is 0 Å². The van der Waals surface area contributed by atoms with Crippen LogP contribution in [0.3, 0.4) is 0 Å². The van der Waals surface area contributed by atoms with Crippen LogP contribution in [0.4, 0.5) is 0 Å². The summed E-state index contributed by atoms with van der Waals surface area (Å²) in [6.07, 6.45) is 0. The Bertz CT molecular complexity index is 186. The van der Waals surface area contributed by atoms with Gasteiger partial charge in [0.05, 0.1) is 19.8 Å². The molecule has 1 aliphatic heterocycles. The second kappa shape index (κ2) is 4.58. The summed E-state index contributed by atoms with van der Waals surface area (Å²) >= 11 is 5.39. The maximum Gasteiger partial charge on any atom is 0.358 e. The predicted octanol–water partition coefficient (Wildman–Crippen LogP) is 1.83. The Balaban J connectivity index is 2.48. The van der Waals surface area contributed by atoms with Crippen LogP contribution in [0.2, 0.25) is 0 Å². The molecule has 0 aliphatic carbocycles. The van der Waals surface area contributed by atoms with Gasteiger partial charge < -0.3 is 13.8 Å². The zero-order valence-electron chi connectivity index (χ0n) is 6.86. The molecule has 2 atom stereocenters. The fourth-order valence-corrected chi connectivity index (χ4v) is 2.53. The third kappa shape index (κ3) is 2.44. The molecular weight excluding hydrogens is 202 g/mol. The molecule has 0 aromatic rings. The van der Waals surface area contributed by atoms with E-state index in [1.54, 1.807) is 6.92 Å². The Morgan fingerprint density at radius 3 is 3.00 bits per heavy atom. The van der Waals surface area contributed by atoms with Gasteiger partial charge >= 0.3 is 7.60 Å². The van der Waals surface area contributed by atoms with Crippen LogP contribution < -0.4 is 0 Å². The van der Waals surface area contributed by atoms with Gasteiger partial charge in [-0.3, -0.25) is 4.57 Å². The molecule has 0 saturated carbocycles. The van der Waals surface area contributed by atoms with Gasteiger partial charge in [-0.05, 0) is 6.92 Å². The van der Waals surface area contributed by atoms with Crippen molar-refractivity contribution in [3.63, 3.8) is 0 Å². The van der Waals surface area contributed by atoms with Crippen molar-refractivity contribution < 1.29 is 18.3 Å². The van der Waals surface area contributed by atoms with Crippen molar-refractivity contribution in [2.45, 2.75) is 12.8 Å². The van der Waals surface area contributed by atoms with Crippen molar-refractivity contribution in [1.29, 1.82) is 0 Å². The molecule has 1 rings (SSSR count). The van der Waals surface area contributed by atoms with Crippen LogP contribution in [0.15, 0.2) is 0 Å². The van der Waals surface area contributed by atoms with Crippen molar-refractivity contribution in [3.8, 4) is 0 Å². The molecule has 12 heavy (non-hydrogen) atoms. The summed E-state index contributed by atoms with van der Waals surface area (Å²) in [5, 5.41) is 0. The van der Waals surface area contributed by atoms with Gasteiger partial charge in [0.15, 0.2) is 5.85 Å². The van der Waals surface area contributed by atoms with Gasteiger partial charge in [-0.25, -0.2) is 0 Å². The van der Waals surface area contributed by atoms with Crippen LogP contribution in [0.5, 0.6) is 0 Å². The number of ether oxygens (including phenoxy) is 1. The molecule has 4 nitrogen and oxygen atoms in total. The molecule has 0 radical (unpaired) electrons. The van der Waals surface area contributed by atoms with Gasteiger partial charge in [0, 0.05) is 5.88 Å². The lowest BCUT2D eigenvalue weighted by Gasteiger charge is -2.28. The van der Waals surface area contributed by atoms with Gasteiger partial charge in [-0.15, -0.1) is 11.6 Å². The molecule has 1 aliphatic rings. The highest BCUT2D eigenvalue weighted by atomic mass is 35.5. The third-order valence-corrected chi connectivity index (χ3v) is 3.79. The predicted molar refractivity (Wildman–Crippen MR) is 45.6 cm³/mol. The molecule has 1 fully saturated rings. The average Bonchev–Trinajstić information content (AvgIpc) is 2.07. The van der Waals surface area contributed by atoms with E-state index in [4.69, 9.17) is 25.4 Å². The van der Waals surface area contributed by atoms with Crippen LogP contribution in [0.1, 0.15) is 6.92 Å². The number of hydrogen-bond acceptors (Lipinski definition) is 4. The summed E-state index contributed by atoms with van der Waals surface area (Å²) in [6, 6.07) is 0. The van der Waals surface area contributed by atoms with E-state index in [9.17, 15) is 4.57 Å². The topological polar surface area (TPSA) is 44.8 Å². The maximum atomic E-state index is 11.7. The Morgan fingerprint density at radius 1 is 1.67 bits per heavy atom. The second-order valence-electron chi connectivity index (χ2n) is 2.37. The van der Waals surface area contributed by atoms with E-state index < -0.39 is 13.4 Å². The normalized spacial score (nSPS) is 36.7. The minimum Gasteiger partial charge on any atom is -0.363 e. The van der Waals surface area contributed by atoms with Crippen LogP contribution in [0, 0.1) is 0 Å². The summed E-state index contributed by atoms with van der Waals surface area (Å²) in [5.41, 5.74) is 0. The lowest BCUT2D eigenvalue weighted by molar-refractivity contribution is 0.0197. The first kappa shape index (κ1) is 10.5. The van der Waals surface area contributed by atoms with Crippen molar-refractivity contribution in [1.82, 2.24) is 0 Å². The Kier molecular flexibility index (Phi) is 4.00. The van der Waals surface area contributed by atoms with E-state index in [0.29, 0.717) is 19.1 Å². The van der Waals surface area contributed by atoms with Gasteiger partial charge in [-0.1, -0.05) is 0 Å². The van der Waals surface area contributed by atoms with E-state index in [2.05, 4.69) is 0 Å². The molecule has 1 heterocycles. The lowest BCUT2D eigenvalue weighted by atomic mass is 10.7. The van der Waals surface area contributed by atoms with Crippen LogP contribution in [-0.4, -0.2) is 31.5 Å². The minimum atomic E-state index is -3.03. The van der Waals surface area contributed by atoms with Crippen molar-refractivity contribution in [2.24, 2.45) is 0 Å². The highest BCUT2D eigenvalue weighted by Gasteiger charge is 2.36. The Hall–Kier alpha value is 0.400. The first-order chi connectivity index (χ1) is 5.69. The first-order valence-corrected chi connectivity index (χ1v) is 5.90. The molecular formula is C6H12ClO4P. The zero-order chi connectivity index (χ0) is 9.03. The number of hydrogen-bond donors (Lipinski definition) is 0. The molecule has 0 amide bonds. The second-order valence-corrected chi connectivity index (χ2v) is 5.07. The molecule has 0 aromatic heterocycles. The zero-order valence-corrected chi connectivity index (χ0v) is 8.51. The van der Waals surface area contributed by atoms with E-state index in [1.807, 2.05) is 0 Å². The maximum absolute atomic E-state index is 11.7. The molecule has 0 N–H and O–H groups in total. The Morgan fingerprint density at radius 2 is 2.42 bits per heavy atom. The monoisotopic (exact) mass is 214 g/mol. The fraction of sp³-hybridized carbons (Fsp3) is 1.00. The number of halogens is 1. The largest absolute Gasteiger partial charge is 0.363 e. The number of alkyl halides is 1. The lowest BCUT2D eigenvalue weighted by Crippen LogP contribution is -2.22. The van der Waals surface area contributed by atoms with Crippen LogP contribution in [-0.2, 0) is 18.3 Å². The highest BCUT2D eigenvalue weighted by molar-refractivity contribution is 7.54. The molecule has 0 spiro atoms. The van der Waals surface area contributed by atoms with Crippen molar-refractivity contribution in [3.05, 3.63) is 0 Å². The van der Waals surface area contributed by atoms with Crippen LogP contribution >= 0.6 is 19.2 Å². The van der Waals surface area contributed by atoms with Crippen molar-refractivity contribution >= 4 is 19.2 Å². The van der Waals surface area contributed by atoms with E-state index in [1.165, 1.54) is 0 Å². The standard InChI is InChI=1S/C6H12ClO4P/c1-6-9-4-5-11-12(6,8)10-3-2-7/h6H,2-5H2,1H3. The van der Waals surface area contributed by atoms with Crippen molar-refractivity contribution in [2.75, 3.05) is 25.7 Å². The molecule has 72 valence electrons. The van der Waals surface area contributed by atoms with Gasteiger partial charge in [0.2, 0.25) is 0 Å². The van der Waals surface area contributed by atoms with Gasteiger partial charge in [0.25, 0.3) is 0 Å². The molecule has 0 bridgehead atoms. The first-order valence-electron chi connectivity index (χ1n) is 3.75. The summed E-state index contributed by atoms with van der Waals surface area (Å²) in [5.74, 6) is -0.172. The van der Waals surface area contributed by atoms with Crippen LogP contribution in [0.25, 0.3) is 0 Å². The number of rotatable bonds is 3.